The van der Waals surface area contributed by atoms with Crippen LogP contribution in [0.1, 0.15) is 6.92 Å². The summed E-state index contributed by atoms with van der Waals surface area (Å²) in [5.41, 5.74) is 4.63. The number of rotatable bonds is 3. The monoisotopic (exact) mass is 118 g/mol. The molecule has 0 aromatic rings. The molecule has 0 aromatic heterocycles. The van der Waals surface area contributed by atoms with E-state index < -0.39 is 6.09 Å². The average Bonchev–Trinajstić information content (AvgIpc) is 1.66. The Balaban J connectivity index is 2.82. The van der Waals surface area contributed by atoms with Crippen LogP contribution in [0, 0.1) is 0 Å². The van der Waals surface area contributed by atoms with E-state index in [4.69, 9.17) is 0 Å². The first-order valence-electron chi connectivity index (χ1n) is 2.40. The maximum atomic E-state index is 9.83. The molecule has 0 saturated heterocycles. The van der Waals surface area contributed by atoms with Gasteiger partial charge in [-0.25, -0.2) is 4.79 Å². The number of nitrogens with one attached hydrogen (secondary N) is 1. The summed E-state index contributed by atoms with van der Waals surface area (Å²) < 4.78 is 4.31. The van der Waals surface area contributed by atoms with Crippen molar-refractivity contribution in [2.24, 2.45) is 5.73 Å². The topological polar surface area (TPSA) is 64.3 Å². The summed E-state index contributed by atoms with van der Waals surface area (Å²) in [6.45, 7) is 2.88. The van der Waals surface area contributed by atoms with Crippen molar-refractivity contribution < 1.29 is 9.53 Å². The molecule has 3 N–H and O–H groups in total. The first-order chi connectivity index (χ1) is 3.77. The number of carbonyl (C=O) groups is 1. The quantitative estimate of drug-likeness (QED) is 0.393. The van der Waals surface area contributed by atoms with Crippen LogP contribution in [0.25, 0.3) is 0 Å². The van der Waals surface area contributed by atoms with Crippen LogP contribution in [0.3, 0.4) is 0 Å². The predicted molar refractivity (Wildman–Crippen MR) is 29.2 cm³/mol. The summed E-state index contributed by atoms with van der Waals surface area (Å²) in [5, 5.41) is 2.76. The van der Waals surface area contributed by atoms with Gasteiger partial charge in [-0.2, -0.15) is 0 Å². The molecule has 4 heteroatoms. The van der Waals surface area contributed by atoms with E-state index in [9.17, 15) is 4.79 Å². The van der Waals surface area contributed by atoms with Gasteiger partial charge in [0, 0.05) is 0 Å². The normalized spacial score (nSPS) is 8.62. The van der Waals surface area contributed by atoms with Crippen LogP contribution in [-0.4, -0.2) is 19.4 Å². The second-order valence-electron chi connectivity index (χ2n) is 1.21. The van der Waals surface area contributed by atoms with E-state index in [0.29, 0.717) is 0 Å². The molecular weight excluding hydrogens is 108 g/mol. The molecule has 0 aliphatic heterocycles. The molecule has 0 heterocycles. The molecule has 0 radical (unpaired) electrons. The zero-order valence-corrected chi connectivity index (χ0v) is 4.81. The summed E-state index contributed by atoms with van der Waals surface area (Å²) in [6, 6.07) is 0. The zero-order valence-electron chi connectivity index (χ0n) is 4.81. The minimum Gasteiger partial charge on any atom is -0.434 e. The van der Waals surface area contributed by atoms with Gasteiger partial charge in [-0.05, 0) is 6.54 Å². The van der Waals surface area contributed by atoms with Gasteiger partial charge in [0.15, 0.2) is 0 Å². The highest BCUT2D eigenvalue weighted by atomic mass is 16.6. The summed E-state index contributed by atoms with van der Waals surface area (Å²) in [5.74, 6) is 0. The molecule has 0 spiro atoms. The Bertz CT molecular complexity index is 74.4. The molecule has 0 rings (SSSR count). The van der Waals surface area contributed by atoms with Crippen LogP contribution >= 0.6 is 0 Å². The number of hydrogen-bond acceptors (Lipinski definition) is 3. The fourth-order valence-electron chi connectivity index (χ4n) is 0.224. The highest BCUT2D eigenvalue weighted by Gasteiger charge is 1.87. The molecule has 0 fully saturated rings. The van der Waals surface area contributed by atoms with Crippen LogP contribution in [0.15, 0.2) is 0 Å². The molecule has 0 bridgehead atoms. The molecule has 1 amide bonds. The van der Waals surface area contributed by atoms with Crippen LogP contribution < -0.4 is 11.1 Å². The van der Waals surface area contributed by atoms with Crippen LogP contribution in [-0.2, 0) is 4.74 Å². The molecule has 48 valence electrons. The highest BCUT2D eigenvalue weighted by Crippen LogP contribution is 1.66. The lowest BCUT2D eigenvalue weighted by Gasteiger charge is -1.98. The van der Waals surface area contributed by atoms with Crippen molar-refractivity contribution in [3.63, 3.8) is 0 Å². The molecular formula is C4H10N2O2. The fraction of sp³-hybridized carbons (Fsp3) is 0.750. The van der Waals surface area contributed by atoms with Crippen LogP contribution in [0.2, 0.25) is 0 Å². The van der Waals surface area contributed by atoms with Gasteiger partial charge < -0.3 is 10.5 Å². The third-order valence-corrected chi connectivity index (χ3v) is 0.566. The van der Waals surface area contributed by atoms with Crippen molar-refractivity contribution in [3.05, 3.63) is 0 Å². The molecule has 0 aliphatic carbocycles. The molecule has 0 saturated carbocycles. The van der Waals surface area contributed by atoms with Crippen molar-refractivity contribution in [2.75, 3.05) is 13.3 Å². The van der Waals surface area contributed by atoms with Crippen LogP contribution in [0.4, 0.5) is 4.79 Å². The van der Waals surface area contributed by atoms with Crippen molar-refractivity contribution in [1.82, 2.24) is 5.32 Å². The lowest BCUT2D eigenvalue weighted by atomic mass is 10.8. The van der Waals surface area contributed by atoms with E-state index in [-0.39, 0.29) is 6.73 Å². The second-order valence-corrected chi connectivity index (χ2v) is 1.21. The van der Waals surface area contributed by atoms with E-state index >= 15 is 0 Å². The predicted octanol–water partition coefficient (Wildman–Crippen LogP) is -0.351. The first-order valence-corrected chi connectivity index (χ1v) is 2.40. The molecule has 0 atom stereocenters. The Morgan fingerprint density at radius 2 is 2.50 bits per heavy atom. The number of nitrogens with two attached hydrogens (primary N) is 1. The average molecular weight is 118 g/mol. The number of hydrogen-bond donors (Lipinski definition) is 2. The molecule has 0 aromatic carbocycles. The van der Waals surface area contributed by atoms with Gasteiger partial charge in [-0.15, -0.1) is 0 Å². The van der Waals surface area contributed by atoms with E-state index in [0.717, 1.165) is 6.54 Å². The molecule has 0 unspecified atom stereocenters. The zero-order chi connectivity index (χ0) is 6.41. The van der Waals surface area contributed by atoms with Gasteiger partial charge in [0.1, 0.15) is 6.73 Å². The minimum absolute atomic E-state index is 0.200. The van der Waals surface area contributed by atoms with Crippen molar-refractivity contribution in [3.8, 4) is 0 Å². The third-order valence-electron chi connectivity index (χ3n) is 0.566. The van der Waals surface area contributed by atoms with E-state index in [1.807, 2.05) is 6.92 Å². The molecule has 0 aliphatic rings. The lowest BCUT2D eigenvalue weighted by Crippen LogP contribution is -2.23. The standard InChI is InChI=1S/C4H10N2O2/c1-2-6-3-8-4(5)7/h6H,2-3H2,1H3,(H2,5,7). The van der Waals surface area contributed by atoms with Crippen LogP contribution in [0.5, 0.6) is 0 Å². The Morgan fingerprint density at radius 1 is 1.88 bits per heavy atom. The van der Waals surface area contributed by atoms with E-state index in [2.05, 4.69) is 15.8 Å². The van der Waals surface area contributed by atoms with Crippen molar-refractivity contribution in [1.29, 1.82) is 0 Å². The molecule has 8 heavy (non-hydrogen) atoms. The first kappa shape index (κ1) is 7.23. The van der Waals surface area contributed by atoms with Gasteiger partial charge in [0.05, 0.1) is 0 Å². The Labute approximate surface area is 48.0 Å². The highest BCUT2D eigenvalue weighted by molar-refractivity contribution is 5.64. The third kappa shape index (κ3) is 5.23. The Hall–Kier alpha value is -0.770. The fourth-order valence-corrected chi connectivity index (χ4v) is 0.224. The Kier molecular flexibility index (Phi) is 3.97. The van der Waals surface area contributed by atoms with E-state index in [1.165, 1.54) is 0 Å². The summed E-state index contributed by atoms with van der Waals surface area (Å²) in [6.07, 6.45) is -0.744. The maximum absolute atomic E-state index is 9.83. The number of ether oxygens (including phenoxy) is 1. The van der Waals surface area contributed by atoms with Crippen molar-refractivity contribution in [2.45, 2.75) is 6.92 Å². The van der Waals surface area contributed by atoms with Gasteiger partial charge in [-0.1, -0.05) is 6.92 Å². The van der Waals surface area contributed by atoms with Gasteiger partial charge in [0.2, 0.25) is 0 Å². The number of carbonyl (C=O) groups excluding carboxylic acids is 1. The maximum Gasteiger partial charge on any atom is 0.405 e. The lowest BCUT2D eigenvalue weighted by molar-refractivity contribution is 0.148. The number of primary amides is 1. The van der Waals surface area contributed by atoms with Crippen molar-refractivity contribution >= 4 is 6.09 Å². The Morgan fingerprint density at radius 3 is 2.88 bits per heavy atom. The molecule has 4 nitrogen and oxygen atoms in total. The number of amides is 1. The van der Waals surface area contributed by atoms with Gasteiger partial charge >= 0.3 is 6.09 Å². The SMILES string of the molecule is CCNCOC(N)=O. The summed E-state index contributed by atoms with van der Waals surface area (Å²) >= 11 is 0. The van der Waals surface area contributed by atoms with Gasteiger partial charge in [0.25, 0.3) is 0 Å². The van der Waals surface area contributed by atoms with E-state index in [1.54, 1.807) is 0 Å². The summed E-state index contributed by atoms with van der Waals surface area (Å²) in [7, 11) is 0. The minimum atomic E-state index is -0.744. The van der Waals surface area contributed by atoms with Gasteiger partial charge in [-0.3, -0.25) is 5.32 Å². The second kappa shape index (κ2) is 4.39. The smallest absolute Gasteiger partial charge is 0.405 e. The largest absolute Gasteiger partial charge is 0.434 e. The summed E-state index contributed by atoms with van der Waals surface area (Å²) in [4.78, 5) is 9.83.